The molecule has 0 saturated carbocycles. The Kier molecular flexibility index (Phi) is 5.28. The molecule has 4 aromatic carbocycles. The minimum Gasteiger partial charge on any atom is -0.508 e. The van der Waals surface area contributed by atoms with Crippen LogP contribution in [0.2, 0.25) is 0 Å². The highest BCUT2D eigenvalue weighted by atomic mass is 32.2. The molecule has 0 fully saturated rings. The summed E-state index contributed by atoms with van der Waals surface area (Å²) in [6, 6.07) is 21.8. The Morgan fingerprint density at radius 1 is 0.867 bits per heavy atom. The van der Waals surface area contributed by atoms with Crippen LogP contribution in [0.4, 0.5) is 4.39 Å². The monoisotopic (exact) mass is 421 g/mol. The van der Waals surface area contributed by atoms with Crippen molar-refractivity contribution < 1.29 is 17.9 Å². The predicted molar refractivity (Wildman–Crippen MR) is 115 cm³/mol. The minimum atomic E-state index is -3.92. The summed E-state index contributed by atoms with van der Waals surface area (Å²) in [4.78, 5) is 0.111. The van der Waals surface area contributed by atoms with Crippen LogP contribution in [0.5, 0.6) is 5.75 Å². The van der Waals surface area contributed by atoms with Crippen LogP contribution >= 0.6 is 0 Å². The van der Waals surface area contributed by atoms with Gasteiger partial charge in [-0.25, -0.2) is 12.8 Å². The van der Waals surface area contributed by atoms with Crippen molar-refractivity contribution in [1.29, 1.82) is 0 Å². The van der Waals surface area contributed by atoms with Gasteiger partial charge in [0.25, 0.3) is 0 Å². The average molecular weight is 421 g/mol. The average Bonchev–Trinajstić information content (AvgIpc) is 2.73. The molecule has 0 bridgehead atoms. The smallest absolute Gasteiger partial charge is 0.241 e. The lowest BCUT2D eigenvalue weighted by molar-refractivity contribution is 0.464. The van der Waals surface area contributed by atoms with Crippen molar-refractivity contribution in [3.05, 3.63) is 107 Å². The van der Waals surface area contributed by atoms with E-state index in [1.54, 1.807) is 18.2 Å². The first-order chi connectivity index (χ1) is 14.3. The van der Waals surface area contributed by atoms with Crippen molar-refractivity contribution in [3.63, 3.8) is 0 Å². The normalized spacial score (nSPS) is 12.7. The van der Waals surface area contributed by atoms with Crippen molar-refractivity contribution in [2.45, 2.75) is 17.9 Å². The van der Waals surface area contributed by atoms with Gasteiger partial charge >= 0.3 is 0 Å². The first-order valence-electron chi connectivity index (χ1n) is 9.40. The van der Waals surface area contributed by atoms with Crippen LogP contribution in [0, 0.1) is 12.7 Å². The number of rotatable bonds is 5. The Balaban J connectivity index is 1.89. The van der Waals surface area contributed by atoms with E-state index in [2.05, 4.69) is 4.72 Å². The Morgan fingerprint density at radius 2 is 1.53 bits per heavy atom. The molecule has 4 nitrogen and oxygen atoms in total. The number of halogens is 1. The lowest BCUT2D eigenvalue weighted by Gasteiger charge is -2.22. The van der Waals surface area contributed by atoms with Gasteiger partial charge in [-0.05, 0) is 53.6 Å². The van der Waals surface area contributed by atoms with Gasteiger partial charge in [0.2, 0.25) is 10.0 Å². The van der Waals surface area contributed by atoms with E-state index in [9.17, 15) is 17.9 Å². The Labute approximate surface area is 174 Å². The molecule has 0 aliphatic heterocycles. The molecule has 30 heavy (non-hydrogen) atoms. The number of aryl methyl sites for hydroxylation is 1. The van der Waals surface area contributed by atoms with Crippen molar-refractivity contribution in [3.8, 4) is 5.75 Å². The van der Waals surface area contributed by atoms with E-state index < -0.39 is 21.9 Å². The summed E-state index contributed by atoms with van der Waals surface area (Å²) in [5.41, 5.74) is 1.87. The zero-order valence-electron chi connectivity index (χ0n) is 16.2. The number of aromatic hydroxyl groups is 1. The quantitative estimate of drug-likeness (QED) is 0.473. The van der Waals surface area contributed by atoms with E-state index >= 15 is 0 Å². The Hall–Kier alpha value is -3.22. The number of phenolic OH excluding ortho intramolecular Hbond substituents is 1. The number of hydrogen-bond acceptors (Lipinski definition) is 3. The van der Waals surface area contributed by atoms with Gasteiger partial charge in [-0.2, -0.15) is 4.72 Å². The fourth-order valence-corrected chi connectivity index (χ4v) is 4.67. The summed E-state index contributed by atoms with van der Waals surface area (Å²) in [6.07, 6.45) is 0. The maximum Gasteiger partial charge on any atom is 0.241 e. The second kappa shape index (κ2) is 7.89. The molecule has 0 spiro atoms. The molecule has 0 amide bonds. The highest BCUT2D eigenvalue weighted by molar-refractivity contribution is 7.89. The molecule has 0 heterocycles. The fraction of sp³-hybridized carbons (Fsp3) is 0.0833. The largest absolute Gasteiger partial charge is 0.508 e. The Bertz CT molecular complexity index is 1300. The van der Waals surface area contributed by atoms with Gasteiger partial charge in [-0.15, -0.1) is 0 Å². The number of sulfonamides is 1. The van der Waals surface area contributed by atoms with Gasteiger partial charge in [0, 0.05) is 5.56 Å². The molecule has 6 heteroatoms. The van der Waals surface area contributed by atoms with Crippen LogP contribution in [0.3, 0.4) is 0 Å². The van der Waals surface area contributed by atoms with Crippen LogP contribution in [0.1, 0.15) is 22.7 Å². The zero-order valence-corrected chi connectivity index (χ0v) is 17.0. The zero-order chi connectivity index (χ0) is 21.3. The third-order valence-corrected chi connectivity index (χ3v) is 6.48. The molecule has 1 atom stereocenters. The molecule has 0 aliphatic carbocycles. The molecule has 0 saturated heterocycles. The van der Waals surface area contributed by atoms with Crippen molar-refractivity contribution in [1.82, 2.24) is 4.72 Å². The molecule has 0 aromatic heterocycles. The van der Waals surface area contributed by atoms with Gasteiger partial charge in [0.05, 0.1) is 10.9 Å². The number of benzene rings is 4. The van der Waals surface area contributed by atoms with Crippen molar-refractivity contribution in [2.24, 2.45) is 0 Å². The summed E-state index contributed by atoms with van der Waals surface area (Å²) < 4.78 is 42.5. The Morgan fingerprint density at radius 3 is 2.23 bits per heavy atom. The second-order valence-electron chi connectivity index (χ2n) is 7.14. The predicted octanol–water partition coefficient (Wildman–Crippen LogP) is 5.06. The summed E-state index contributed by atoms with van der Waals surface area (Å²) in [5.74, 6) is -0.476. The lowest BCUT2D eigenvalue weighted by Crippen LogP contribution is -2.29. The van der Waals surface area contributed by atoms with E-state index in [0.29, 0.717) is 16.5 Å². The number of nitrogens with one attached hydrogen (secondary N) is 1. The van der Waals surface area contributed by atoms with E-state index in [1.807, 2.05) is 31.2 Å². The maximum atomic E-state index is 13.5. The molecule has 1 unspecified atom stereocenters. The van der Waals surface area contributed by atoms with Crippen LogP contribution in [-0.2, 0) is 10.0 Å². The molecule has 2 N–H and O–H groups in total. The maximum absolute atomic E-state index is 13.5. The highest BCUT2D eigenvalue weighted by Crippen LogP contribution is 2.36. The molecule has 0 radical (unpaired) electrons. The standard InChI is InChI=1S/C24H20FNO3S/c1-16-6-13-20(14-7-16)30(28,29)26-24(18-8-11-19(25)12-9-18)23-21-5-3-2-4-17(21)10-15-22(23)27/h2-15,24,26-27H,1H3. The van der Waals surface area contributed by atoms with Gasteiger partial charge in [0.1, 0.15) is 11.6 Å². The van der Waals surface area contributed by atoms with Gasteiger partial charge in [-0.1, -0.05) is 60.2 Å². The molecule has 152 valence electrons. The molecule has 0 aliphatic rings. The van der Waals surface area contributed by atoms with Crippen molar-refractivity contribution >= 4 is 20.8 Å². The molecule has 4 rings (SSSR count). The van der Waals surface area contributed by atoms with Crippen LogP contribution in [0.15, 0.2) is 89.8 Å². The summed E-state index contributed by atoms with van der Waals surface area (Å²) in [5, 5.41) is 12.3. The third-order valence-electron chi connectivity index (χ3n) is 5.04. The van der Waals surface area contributed by atoms with E-state index in [-0.39, 0.29) is 10.6 Å². The lowest BCUT2D eigenvalue weighted by atomic mass is 9.93. The highest BCUT2D eigenvalue weighted by Gasteiger charge is 2.26. The number of fused-ring (bicyclic) bond motifs is 1. The van der Waals surface area contributed by atoms with Crippen LogP contribution < -0.4 is 4.72 Å². The molecular formula is C24H20FNO3S. The summed E-state index contributed by atoms with van der Waals surface area (Å²) >= 11 is 0. The fourth-order valence-electron chi connectivity index (χ4n) is 3.48. The van der Waals surface area contributed by atoms with Crippen LogP contribution in [-0.4, -0.2) is 13.5 Å². The second-order valence-corrected chi connectivity index (χ2v) is 8.85. The summed E-state index contributed by atoms with van der Waals surface area (Å²) in [6.45, 7) is 1.87. The van der Waals surface area contributed by atoms with Gasteiger partial charge in [0.15, 0.2) is 0 Å². The third kappa shape index (κ3) is 3.92. The first kappa shape index (κ1) is 20.1. The van der Waals surface area contributed by atoms with Gasteiger partial charge < -0.3 is 5.11 Å². The first-order valence-corrected chi connectivity index (χ1v) is 10.9. The summed E-state index contributed by atoms with van der Waals surface area (Å²) in [7, 11) is -3.92. The van der Waals surface area contributed by atoms with Gasteiger partial charge in [-0.3, -0.25) is 0 Å². The minimum absolute atomic E-state index is 0.0466. The molecular weight excluding hydrogens is 401 g/mol. The van der Waals surface area contributed by atoms with E-state index in [1.165, 1.54) is 42.5 Å². The SMILES string of the molecule is Cc1ccc(S(=O)(=O)NC(c2ccc(F)cc2)c2c(O)ccc3ccccc23)cc1. The number of hydrogen-bond donors (Lipinski definition) is 2. The van der Waals surface area contributed by atoms with E-state index in [4.69, 9.17) is 0 Å². The van der Waals surface area contributed by atoms with Crippen LogP contribution in [0.25, 0.3) is 10.8 Å². The molecule has 4 aromatic rings. The topological polar surface area (TPSA) is 66.4 Å². The van der Waals surface area contributed by atoms with Crippen molar-refractivity contribution in [2.75, 3.05) is 0 Å². The van der Waals surface area contributed by atoms with E-state index in [0.717, 1.165) is 10.9 Å². The number of phenols is 1.